The van der Waals surface area contributed by atoms with Gasteiger partial charge in [-0.25, -0.2) is 9.18 Å². The fraction of sp³-hybridized carbons (Fsp3) is 0.345. The fourth-order valence-corrected chi connectivity index (χ4v) is 4.52. The van der Waals surface area contributed by atoms with Crippen molar-refractivity contribution in [2.45, 2.75) is 32.5 Å². The van der Waals surface area contributed by atoms with Gasteiger partial charge in [-0.1, -0.05) is 6.92 Å². The van der Waals surface area contributed by atoms with E-state index >= 15 is 0 Å². The van der Waals surface area contributed by atoms with Gasteiger partial charge in [0.05, 0.1) is 18.2 Å². The van der Waals surface area contributed by atoms with Crippen molar-refractivity contribution in [3.8, 4) is 5.75 Å². The van der Waals surface area contributed by atoms with Crippen LogP contribution in [0, 0.1) is 11.7 Å². The van der Waals surface area contributed by atoms with E-state index in [1.165, 1.54) is 24.3 Å². The predicted molar refractivity (Wildman–Crippen MR) is 147 cm³/mol. The molecular weight excluding hydrogens is 501 g/mol. The smallest absolute Gasteiger partial charge is 0.323 e. The number of anilines is 2. The van der Waals surface area contributed by atoms with Gasteiger partial charge >= 0.3 is 6.03 Å². The Bertz CT molecular complexity index is 1270. The lowest BCUT2D eigenvalue weighted by atomic mass is 9.99. The van der Waals surface area contributed by atoms with Crippen LogP contribution >= 0.6 is 0 Å². The summed E-state index contributed by atoms with van der Waals surface area (Å²) in [6.07, 6.45) is 3.29. The maximum absolute atomic E-state index is 13.6. The Kier molecular flexibility index (Phi) is 9.11. The number of rotatable bonds is 8. The third-order valence-corrected chi connectivity index (χ3v) is 6.72. The number of benzene rings is 2. The molecule has 2 aromatic carbocycles. The molecule has 10 heteroatoms. The number of hydrogen-bond acceptors (Lipinski definition) is 6. The molecule has 9 nitrogen and oxygen atoms in total. The van der Waals surface area contributed by atoms with Crippen LogP contribution in [0.25, 0.3) is 0 Å². The van der Waals surface area contributed by atoms with E-state index in [9.17, 15) is 19.1 Å². The van der Waals surface area contributed by atoms with E-state index in [1.54, 1.807) is 42.4 Å². The summed E-state index contributed by atoms with van der Waals surface area (Å²) in [5.41, 5.74) is 2.24. The minimum atomic E-state index is -0.536. The largest absolute Gasteiger partial charge is 0.488 e. The number of pyridine rings is 1. The molecule has 1 aliphatic rings. The van der Waals surface area contributed by atoms with Crippen LogP contribution in [0.3, 0.4) is 0 Å². The molecule has 1 aromatic heterocycles. The first-order valence-electron chi connectivity index (χ1n) is 12.9. The molecular formula is C29H34FN5O4. The third kappa shape index (κ3) is 7.30. The zero-order valence-electron chi connectivity index (χ0n) is 22.3. The van der Waals surface area contributed by atoms with Gasteiger partial charge in [0.1, 0.15) is 17.7 Å². The summed E-state index contributed by atoms with van der Waals surface area (Å²) in [6.45, 7) is 5.38. The monoisotopic (exact) mass is 535 g/mol. The molecule has 3 aromatic rings. The van der Waals surface area contributed by atoms with Crippen molar-refractivity contribution in [3.63, 3.8) is 0 Å². The molecule has 2 heterocycles. The van der Waals surface area contributed by atoms with Crippen LogP contribution in [0.5, 0.6) is 5.75 Å². The molecule has 0 unspecified atom stereocenters. The van der Waals surface area contributed by atoms with E-state index in [4.69, 9.17) is 4.74 Å². The Balaban J connectivity index is 1.55. The number of nitrogens with one attached hydrogen (secondary N) is 2. The molecule has 0 bridgehead atoms. The zero-order valence-corrected chi connectivity index (χ0v) is 22.3. The molecule has 3 atom stereocenters. The number of halogens is 1. The van der Waals surface area contributed by atoms with E-state index in [1.807, 2.05) is 26.1 Å². The molecule has 0 saturated heterocycles. The van der Waals surface area contributed by atoms with Gasteiger partial charge in [0.15, 0.2) is 0 Å². The molecule has 3 amide bonds. The van der Waals surface area contributed by atoms with E-state index in [-0.39, 0.29) is 24.5 Å². The Morgan fingerprint density at radius 1 is 1.15 bits per heavy atom. The molecule has 4 rings (SSSR count). The van der Waals surface area contributed by atoms with Crippen LogP contribution in [0.2, 0.25) is 0 Å². The first-order valence-corrected chi connectivity index (χ1v) is 12.9. The number of aliphatic hydroxyl groups excluding tert-OH is 1. The van der Waals surface area contributed by atoms with Crippen molar-refractivity contribution >= 4 is 23.3 Å². The van der Waals surface area contributed by atoms with Crippen molar-refractivity contribution in [1.82, 2.24) is 14.8 Å². The standard InChI is InChI=1S/C29H34FN5O4/c1-19-15-35(20(2)18-36)28(37)25-14-24(33-29(38)32-23-6-4-22(30)5-7-23)8-9-26(25)39-27(19)17-34(3)16-21-10-12-31-13-11-21/h4-14,19-20,27,36H,15-18H2,1-3H3,(H2,32,33,38)/t19-,20+,27+/m0/s1. The minimum Gasteiger partial charge on any atom is -0.488 e. The van der Waals surface area contributed by atoms with Gasteiger partial charge < -0.3 is 25.4 Å². The molecule has 3 N–H and O–H groups in total. The predicted octanol–water partition coefficient (Wildman–Crippen LogP) is 4.22. The summed E-state index contributed by atoms with van der Waals surface area (Å²) in [6, 6.07) is 13.3. The Labute approximate surface area is 227 Å². The maximum atomic E-state index is 13.6. The number of carbonyl (C=O) groups is 2. The summed E-state index contributed by atoms with van der Waals surface area (Å²) in [5, 5.41) is 15.2. The van der Waals surface area contributed by atoms with E-state index in [0.717, 1.165) is 5.56 Å². The van der Waals surface area contributed by atoms with Crippen molar-refractivity contribution < 1.29 is 23.8 Å². The first kappa shape index (κ1) is 28.0. The number of hydrogen-bond donors (Lipinski definition) is 3. The van der Waals surface area contributed by atoms with Crippen LogP contribution in [-0.2, 0) is 6.54 Å². The van der Waals surface area contributed by atoms with E-state index in [0.29, 0.717) is 42.3 Å². The van der Waals surface area contributed by atoms with Crippen molar-refractivity contribution in [2.24, 2.45) is 5.92 Å². The first-order chi connectivity index (χ1) is 18.7. The highest BCUT2D eigenvalue weighted by molar-refractivity contribution is 6.02. The summed E-state index contributed by atoms with van der Waals surface area (Å²) in [5.74, 6) is -0.299. The normalized spacial score (nSPS) is 18.0. The second-order valence-corrected chi connectivity index (χ2v) is 9.97. The topological polar surface area (TPSA) is 107 Å². The van der Waals surface area contributed by atoms with Gasteiger partial charge in [0.2, 0.25) is 0 Å². The molecule has 0 fully saturated rings. The molecule has 0 aliphatic carbocycles. The van der Waals surface area contributed by atoms with E-state index in [2.05, 4.69) is 20.5 Å². The van der Waals surface area contributed by atoms with Gasteiger partial charge in [-0.2, -0.15) is 0 Å². The van der Waals surface area contributed by atoms with E-state index < -0.39 is 17.9 Å². The quantitative estimate of drug-likeness (QED) is 0.399. The second kappa shape index (κ2) is 12.7. The SMILES string of the molecule is C[C@H](CO)N1C[C@H](C)[C@@H](CN(C)Cc2ccncc2)Oc2ccc(NC(=O)Nc3ccc(F)cc3)cc2C1=O. The zero-order chi connectivity index (χ0) is 27.9. The van der Waals surface area contributed by atoms with Gasteiger partial charge in [0, 0.05) is 49.3 Å². The van der Waals surface area contributed by atoms with Crippen molar-refractivity contribution in [3.05, 3.63) is 83.9 Å². The minimum absolute atomic E-state index is 0.0183. The van der Waals surface area contributed by atoms with Gasteiger partial charge in [-0.05, 0) is 74.1 Å². The average Bonchev–Trinajstić information content (AvgIpc) is 2.92. The van der Waals surface area contributed by atoms with Crippen LogP contribution in [0.15, 0.2) is 67.0 Å². The molecule has 0 radical (unpaired) electrons. The highest BCUT2D eigenvalue weighted by Crippen LogP contribution is 2.31. The van der Waals surface area contributed by atoms with Gasteiger partial charge in [-0.3, -0.25) is 14.7 Å². The molecule has 206 valence electrons. The highest BCUT2D eigenvalue weighted by atomic mass is 19.1. The lowest BCUT2D eigenvalue weighted by Gasteiger charge is -2.38. The van der Waals surface area contributed by atoms with Gasteiger partial charge in [-0.15, -0.1) is 0 Å². The lowest BCUT2D eigenvalue weighted by molar-refractivity contribution is 0.0341. The fourth-order valence-electron chi connectivity index (χ4n) is 4.52. The van der Waals surface area contributed by atoms with Crippen LogP contribution < -0.4 is 15.4 Å². The second-order valence-electron chi connectivity index (χ2n) is 9.97. The van der Waals surface area contributed by atoms with Crippen LogP contribution in [0.4, 0.5) is 20.6 Å². The number of amides is 3. The lowest BCUT2D eigenvalue weighted by Crippen LogP contribution is -2.49. The summed E-state index contributed by atoms with van der Waals surface area (Å²) in [4.78, 5) is 34.1. The number of nitrogens with zero attached hydrogens (tertiary/aromatic N) is 3. The van der Waals surface area contributed by atoms with Crippen LogP contribution in [0.1, 0.15) is 29.8 Å². The van der Waals surface area contributed by atoms with Gasteiger partial charge in [0.25, 0.3) is 5.91 Å². The highest BCUT2D eigenvalue weighted by Gasteiger charge is 2.33. The third-order valence-electron chi connectivity index (χ3n) is 6.72. The number of aromatic nitrogens is 1. The number of fused-ring (bicyclic) bond motifs is 1. The molecule has 0 saturated carbocycles. The van der Waals surface area contributed by atoms with Crippen LogP contribution in [-0.4, -0.2) is 70.7 Å². The number of urea groups is 1. The summed E-state index contributed by atoms with van der Waals surface area (Å²) >= 11 is 0. The molecule has 1 aliphatic heterocycles. The number of ether oxygens (including phenoxy) is 1. The Morgan fingerprint density at radius 3 is 2.51 bits per heavy atom. The Morgan fingerprint density at radius 2 is 1.82 bits per heavy atom. The number of aliphatic hydroxyl groups is 1. The molecule has 39 heavy (non-hydrogen) atoms. The number of likely N-dealkylation sites (N-methyl/N-ethyl adjacent to an activating group) is 1. The molecule has 0 spiro atoms. The number of carbonyl (C=O) groups excluding carboxylic acids is 2. The Hall–Kier alpha value is -4.02. The van der Waals surface area contributed by atoms with Crippen molar-refractivity contribution in [1.29, 1.82) is 0 Å². The van der Waals surface area contributed by atoms with Crippen molar-refractivity contribution in [2.75, 3.05) is 37.4 Å². The summed E-state index contributed by atoms with van der Waals surface area (Å²) in [7, 11) is 2.02. The summed E-state index contributed by atoms with van der Waals surface area (Å²) < 4.78 is 19.6. The average molecular weight is 536 g/mol. The maximum Gasteiger partial charge on any atom is 0.323 e.